The fourth-order valence-electron chi connectivity index (χ4n) is 1.25. The number of hydrogen-bond acceptors (Lipinski definition) is 5. The Bertz CT molecular complexity index is 250. The zero-order valence-corrected chi connectivity index (χ0v) is 8.28. The molecular weight excluding hydrogens is 188 g/mol. The Hall–Kier alpha value is -0.940. The average Bonchev–Trinajstić information content (AvgIpc) is 2.14. The van der Waals surface area contributed by atoms with Gasteiger partial charge in [0.05, 0.1) is 6.61 Å². The van der Waals surface area contributed by atoms with E-state index in [1.54, 1.807) is 6.92 Å². The predicted molar refractivity (Wildman–Crippen MR) is 46.4 cm³/mol. The summed E-state index contributed by atoms with van der Waals surface area (Å²) in [5, 5.41) is 9.49. The number of aliphatic hydroxyl groups excluding tert-OH is 1. The first kappa shape index (κ1) is 11.1. The molecule has 0 amide bonds. The third kappa shape index (κ3) is 2.10. The van der Waals surface area contributed by atoms with Crippen molar-refractivity contribution in [2.75, 3.05) is 6.61 Å². The van der Waals surface area contributed by atoms with Gasteiger partial charge in [0.2, 0.25) is 5.79 Å². The lowest BCUT2D eigenvalue weighted by Crippen LogP contribution is -2.53. The monoisotopic (exact) mass is 202 g/mol. The lowest BCUT2D eigenvalue weighted by molar-refractivity contribution is -0.266. The number of aliphatic hydroxyl groups is 1. The molecule has 0 aromatic carbocycles. The van der Waals surface area contributed by atoms with Crippen molar-refractivity contribution in [2.24, 2.45) is 0 Å². The van der Waals surface area contributed by atoms with Gasteiger partial charge in [-0.2, -0.15) is 0 Å². The van der Waals surface area contributed by atoms with Crippen molar-refractivity contribution in [1.82, 2.24) is 0 Å². The summed E-state index contributed by atoms with van der Waals surface area (Å²) < 4.78 is 9.99. The van der Waals surface area contributed by atoms with Crippen LogP contribution in [0.4, 0.5) is 0 Å². The Morgan fingerprint density at radius 3 is 3.00 bits per heavy atom. The minimum absolute atomic E-state index is 0.153. The van der Waals surface area contributed by atoms with E-state index in [0.29, 0.717) is 0 Å². The van der Waals surface area contributed by atoms with Crippen LogP contribution in [0.5, 0.6) is 0 Å². The molecule has 0 aromatic heterocycles. The van der Waals surface area contributed by atoms with E-state index in [4.69, 9.17) is 9.47 Å². The lowest BCUT2D eigenvalue weighted by Gasteiger charge is -2.36. The van der Waals surface area contributed by atoms with E-state index in [1.165, 1.54) is 6.92 Å². The molecule has 1 rings (SSSR count). The smallest absolute Gasteiger partial charge is 0.308 e. The summed E-state index contributed by atoms with van der Waals surface area (Å²) in [5.41, 5.74) is 0. The van der Waals surface area contributed by atoms with Gasteiger partial charge in [-0.05, 0) is 0 Å². The van der Waals surface area contributed by atoms with Gasteiger partial charge in [-0.1, -0.05) is 6.92 Å². The first-order chi connectivity index (χ1) is 6.49. The van der Waals surface area contributed by atoms with E-state index >= 15 is 0 Å². The van der Waals surface area contributed by atoms with E-state index in [0.717, 1.165) is 0 Å². The van der Waals surface area contributed by atoms with Crippen LogP contribution >= 0.6 is 0 Å². The van der Waals surface area contributed by atoms with Gasteiger partial charge in [0.15, 0.2) is 11.9 Å². The quantitative estimate of drug-likeness (QED) is 0.638. The van der Waals surface area contributed by atoms with E-state index in [2.05, 4.69) is 0 Å². The van der Waals surface area contributed by atoms with E-state index in [1.807, 2.05) is 0 Å². The van der Waals surface area contributed by atoms with Crippen molar-refractivity contribution >= 4 is 11.8 Å². The molecule has 1 fully saturated rings. The SMILES string of the molecule is CCC(=O)OC1(C)OCCC(=O)C1O. The lowest BCUT2D eigenvalue weighted by atomic mass is 10.0. The van der Waals surface area contributed by atoms with Crippen LogP contribution in [0.1, 0.15) is 26.7 Å². The Labute approximate surface area is 82.0 Å². The van der Waals surface area contributed by atoms with Crippen LogP contribution < -0.4 is 0 Å². The van der Waals surface area contributed by atoms with Crippen LogP contribution in [0, 0.1) is 0 Å². The van der Waals surface area contributed by atoms with Crippen LogP contribution in [0.3, 0.4) is 0 Å². The first-order valence-electron chi connectivity index (χ1n) is 4.56. The van der Waals surface area contributed by atoms with Crippen LogP contribution in [0.15, 0.2) is 0 Å². The van der Waals surface area contributed by atoms with Crippen molar-refractivity contribution in [3.8, 4) is 0 Å². The van der Waals surface area contributed by atoms with Gasteiger partial charge < -0.3 is 14.6 Å². The topological polar surface area (TPSA) is 72.8 Å². The molecule has 0 radical (unpaired) electrons. The highest BCUT2D eigenvalue weighted by Gasteiger charge is 2.45. The van der Waals surface area contributed by atoms with E-state index < -0.39 is 17.9 Å². The normalized spacial score (nSPS) is 32.8. The Morgan fingerprint density at radius 1 is 1.79 bits per heavy atom. The van der Waals surface area contributed by atoms with Crippen molar-refractivity contribution in [2.45, 2.75) is 38.6 Å². The van der Waals surface area contributed by atoms with E-state index in [9.17, 15) is 14.7 Å². The molecule has 2 unspecified atom stereocenters. The summed E-state index contributed by atoms with van der Waals surface area (Å²) in [7, 11) is 0. The summed E-state index contributed by atoms with van der Waals surface area (Å²) in [6.07, 6.45) is -1.05. The van der Waals surface area contributed by atoms with Gasteiger partial charge in [0, 0.05) is 19.8 Å². The van der Waals surface area contributed by atoms with Gasteiger partial charge in [0.25, 0.3) is 0 Å². The molecule has 0 bridgehead atoms. The zero-order valence-electron chi connectivity index (χ0n) is 8.28. The number of ketones is 1. The molecule has 0 saturated carbocycles. The maximum Gasteiger partial charge on any atom is 0.308 e. The number of carbonyl (C=O) groups excluding carboxylic acids is 2. The molecule has 1 saturated heterocycles. The zero-order chi connectivity index (χ0) is 10.8. The standard InChI is InChI=1S/C9H14O5/c1-3-7(11)14-9(2)8(12)6(10)4-5-13-9/h8,12H,3-5H2,1-2H3. The summed E-state index contributed by atoms with van der Waals surface area (Å²) in [6, 6.07) is 0. The molecule has 1 aliphatic heterocycles. The molecule has 1 aliphatic rings. The molecule has 80 valence electrons. The molecular formula is C9H14O5. The molecule has 5 heteroatoms. The number of esters is 1. The van der Waals surface area contributed by atoms with Gasteiger partial charge in [0.1, 0.15) is 0 Å². The summed E-state index contributed by atoms with van der Waals surface area (Å²) >= 11 is 0. The number of carbonyl (C=O) groups is 2. The molecule has 5 nitrogen and oxygen atoms in total. The highest BCUT2D eigenvalue weighted by Crippen LogP contribution is 2.24. The van der Waals surface area contributed by atoms with Gasteiger partial charge >= 0.3 is 5.97 Å². The highest BCUT2D eigenvalue weighted by atomic mass is 16.7. The number of hydrogen-bond donors (Lipinski definition) is 1. The van der Waals surface area contributed by atoms with Gasteiger partial charge in [-0.25, -0.2) is 0 Å². The molecule has 0 spiro atoms. The third-order valence-corrected chi connectivity index (χ3v) is 2.14. The molecule has 1 N–H and O–H groups in total. The van der Waals surface area contributed by atoms with Crippen LogP contribution in [-0.2, 0) is 19.1 Å². The van der Waals surface area contributed by atoms with Crippen LogP contribution in [0.2, 0.25) is 0 Å². The van der Waals surface area contributed by atoms with Crippen molar-refractivity contribution in [1.29, 1.82) is 0 Å². The number of rotatable bonds is 2. The maximum absolute atomic E-state index is 11.2. The second-order valence-electron chi connectivity index (χ2n) is 3.31. The fourth-order valence-corrected chi connectivity index (χ4v) is 1.25. The highest BCUT2D eigenvalue weighted by molar-refractivity contribution is 5.85. The number of ether oxygens (including phenoxy) is 2. The predicted octanol–water partition coefficient (Wildman–Crippen LogP) is 0.00610. The summed E-state index contributed by atoms with van der Waals surface area (Å²) in [5.74, 6) is -2.37. The molecule has 2 atom stereocenters. The third-order valence-electron chi connectivity index (χ3n) is 2.14. The largest absolute Gasteiger partial charge is 0.430 e. The minimum atomic E-state index is -1.51. The van der Waals surface area contributed by atoms with Crippen LogP contribution in [0.25, 0.3) is 0 Å². The Balaban J connectivity index is 2.70. The second-order valence-corrected chi connectivity index (χ2v) is 3.31. The maximum atomic E-state index is 11.2. The van der Waals surface area contributed by atoms with Gasteiger partial charge in [-0.15, -0.1) is 0 Å². The van der Waals surface area contributed by atoms with Crippen molar-refractivity contribution < 1.29 is 24.2 Å². The first-order valence-corrected chi connectivity index (χ1v) is 4.56. The molecule has 0 aliphatic carbocycles. The number of Topliss-reactive ketones (excluding diaryl/α,β-unsaturated/α-hetero) is 1. The second kappa shape index (κ2) is 4.06. The average molecular weight is 202 g/mol. The van der Waals surface area contributed by atoms with Gasteiger partial charge in [-0.3, -0.25) is 9.59 Å². The molecule has 0 aromatic rings. The van der Waals surface area contributed by atoms with Crippen molar-refractivity contribution in [3.63, 3.8) is 0 Å². The van der Waals surface area contributed by atoms with Crippen LogP contribution in [-0.4, -0.2) is 35.4 Å². The Morgan fingerprint density at radius 2 is 2.43 bits per heavy atom. The summed E-state index contributed by atoms with van der Waals surface area (Å²) in [4.78, 5) is 22.2. The Kier molecular flexibility index (Phi) is 3.23. The molecule has 14 heavy (non-hydrogen) atoms. The summed E-state index contributed by atoms with van der Waals surface area (Å²) in [6.45, 7) is 3.19. The van der Waals surface area contributed by atoms with E-state index in [-0.39, 0.29) is 25.2 Å². The minimum Gasteiger partial charge on any atom is -0.430 e. The van der Waals surface area contributed by atoms with Crippen molar-refractivity contribution in [3.05, 3.63) is 0 Å². The molecule has 1 heterocycles. The fraction of sp³-hybridized carbons (Fsp3) is 0.778.